The maximum atomic E-state index is 5.88. The first-order valence-corrected chi connectivity index (χ1v) is 5.69. The fraction of sp³-hybridized carbons (Fsp3) is 0.0833. The molecule has 0 aliphatic carbocycles. The highest BCUT2D eigenvalue weighted by Gasteiger charge is 2.10. The van der Waals surface area contributed by atoms with Gasteiger partial charge < -0.3 is 15.3 Å². The molecule has 1 aromatic carbocycles. The zero-order chi connectivity index (χ0) is 13.7. The predicted octanol–water partition coefficient (Wildman–Crippen LogP) is 2.48. The van der Waals surface area contributed by atoms with Gasteiger partial charge in [-0.3, -0.25) is 0 Å². The molecular weight excluding hydrogens is 268 g/mol. The first-order chi connectivity index (χ1) is 9.20. The van der Waals surface area contributed by atoms with Crippen molar-refractivity contribution in [3.8, 4) is 11.6 Å². The minimum Gasteiger partial charge on any atom is -0.438 e. The molecule has 98 valence electrons. The molecule has 0 saturated carbocycles. The van der Waals surface area contributed by atoms with E-state index in [-0.39, 0.29) is 11.7 Å². The Morgan fingerprint density at radius 2 is 2.21 bits per heavy atom. The summed E-state index contributed by atoms with van der Waals surface area (Å²) in [5.74, 6) is 1.06. The van der Waals surface area contributed by atoms with E-state index in [1.54, 1.807) is 24.3 Å². The fourth-order valence-electron chi connectivity index (χ4n) is 1.34. The molecule has 0 atom stereocenters. The van der Waals surface area contributed by atoms with E-state index in [1.807, 2.05) is 0 Å². The molecule has 0 unspecified atom stereocenters. The smallest absolute Gasteiger partial charge is 0.233 e. The van der Waals surface area contributed by atoms with Crippen LogP contribution in [0.1, 0.15) is 5.56 Å². The van der Waals surface area contributed by atoms with Crippen LogP contribution in [0.2, 0.25) is 5.02 Å². The SMILES string of the molecule is CON=Cc1c(N)ncnc1Oc1cccc(Cl)c1. The highest BCUT2D eigenvalue weighted by atomic mass is 35.5. The van der Waals surface area contributed by atoms with Gasteiger partial charge in [-0.25, -0.2) is 9.97 Å². The molecule has 6 nitrogen and oxygen atoms in total. The molecule has 0 radical (unpaired) electrons. The average molecular weight is 279 g/mol. The number of anilines is 1. The number of nitrogens with two attached hydrogens (primary N) is 1. The van der Waals surface area contributed by atoms with Crippen LogP contribution >= 0.6 is 11.6 Å². The number of hydrogen-bond acceptors (Lipinski definition) is 6. The number of oxime groups is 1. The second-order valence-electron chi connectivity index (χ2n) is 3.45. The molecule has 1 aromatic heterocycles. The van der Waals surface area contributed by atoms with E-state index in [0.717, 1.165) is 0 Å². The topological polar surface area (TPSA) is 82.6 Å². The van der Waals surface area contributed by atoms with E-state index < -0.39 is 0 Å². The van der Waals surface area contributed by atoms with E-state index in [9.17, 15) is 0 Å². The van der Waals surface area contributed by atoms with Gasteiger partial charge in [-0.05, 0) is 18.2 Å². The lowest BCUT2D eigenvalue weighted by atomic mass is 10.3. The number of nitrogens with zero attached hydrogens (tertiary/aromatic N) is 3. The number of aromatic nitrogens is 2. The van der Waals surface area contributed by atoms with E-state index >= 15 is 0 Å². The lowest BCUT2D eigenvalue weighted by Gasteiger charge is -2.08. The van der Waals surface area contributed by atoms with Crippen molar-refractivity contribution in [3.63, 3.8) is 0 Å². The summed E-state index contributed by atoms with van der Waals surface area (Å²) in [6.45, 7) is 0. The number of benzene rings is 1. The minimum atomic E-state index is 0.243. The molecule has 7 heteroatoms. The van der Waals surface area contributed by atoms with Crippen molar-refractivity contribution in [1.29, 1.82) is 0 Å². The van der Waals surface area contributed by atoms with Crippen molar-refractivity contribution in [1.82, 2.24) is 9.97 Å². The summed E-state index contributed by atoms with van der Waals surface area (Å²) in [7, 11) is 1.42. The summed E-state index contributed by atoms with van der Waals surface area (Å²) in [6, 6.07) is 6.93. The van der Waals surface area contributed by atoms with Crippen LogP contribution in [0.5, 0.6) is 11.6 Å². The van der Waals surface area contributed by atoms with Crippen molar-refractivity contribution < 1.29 is 9.57 Å². The number of rotatable bonds is 4. The first-order valence-electron chi connectivity index (χ1n) is 5.31. The standard InChI is InChI=1S/C12H11ClN4O2/c1-18-17-6-10-11(14)15-7-16-12(10)19-9-4-2-3-8(13)5-9/h2-7H,1H3,(H2,14,15,16). The Hall–Kier alpha value is -2.34. The van der Waals surface area contributed by atoms with Crippen molar-refractivity contribution in [2.24, 2.45) is 5.16 Å². The lowest BCUT2D eigenvalue weighted by molar-refractivity contribution is 0.215. The summed E-state index contributed by atoms with van der Waals surface area (Å²) in [4.78, 5) is 12.5. The fourth-order valence-corrected chi connectivity index (χ4v) is 1.52. The molecular formula is C12H11ClN4O2. The summed E-state index contributed by atoms with van der Waals surface area (Å²) in [5.41, 5.74) is 6.18. The molecule has 0 aliphatic rings. The molecule has 0 bridgehead atoms. The molecule has 2 aromatic rings. The van der Waals surface area contributed by atoms with Crippen LogP contribution < -0.4 is 10.5 Å². The number of ether oxygens (including phenoxy) is 1. The Balaban J connectivity index is 2.34. The quantitative estimate of drug-likeness (QED) is 0.686. The molecule has 0 spiro atoms. The third-order valence-electron chi connectivity index (χ3n) is 2.18. The Kier molecular flexibility index (Phi) is 4.15. The van der Waals surface area contributed by atoms with Gasteiger partial charge in [-0.2, -0.15) is 0 Å². The first kappa shape index (κ1) is 13.1. The van der Waals surface area contributed by atoms with Gasteiger partial charge in [0.2, 0.25) is 5.88 Å². The molecule has 0 fully saturated rings. The predicted molar refractivity (Wildman–Crippen MR) is 72.6 cm³/mol. The summed E-state index contributed by atoms with van der Waals surface area (Å²) in [5, 5.41) is 4.19. The van der Waals surface area contributed by atoms with Crippen molar-refractivity contribution >= 4 is 23.6 Å². The van der Waals surface area contributed by atoms with E-state index in [2.05, 4.69) is 20.0 Å². The van der Waals surface area contributed by atoms with Crippen molar-refractivity contribution in [2.75, 3.05) is 12.8 Å². The van der Waals surface area contributed by atoms with E-state index in [1.165, 1.54) is 19.7 Å². The highest BCUT2D eigenvalue weighted by molar-refractivity contribution is 6.30. The molecule has 0 saturated heterocycles. The molecule has 1 heterocycles. The van der Waals surface area contributed by atoms with Gasteiger partial charge in [0, 0.05) is 5.02 Å². The van der Waals surface area contributed by atoms with Gasteiger partial charge in [0.25, 0.3) is 0 Å². The molecule has 0 aliphatic heterocycles. The summed E-state index contributed by atoms with van der Waals surface area (Å²) in [6.07, 6.45) is 2.69. The second kappa shape index (κ2) is 6.01. The van der Waals surface area contributed by atoms with Crippen LogP contribution in [0.15, 0.2) is 35.7 Å². The van der Waals surface area contributed by atoms with Gasteiger partial charge >= 0.3 is 0 Å². The van der Waals surface area contributed by atoms with Gasteiger partial charge in [0.15, 0.2) is 0 Å². The van der Waals surface area contributed by atoms with Crippen LogP contribution in [0.3, 0.4) is 0 Å². The largest absolute Gasteiger partial charge is 0.438 e. The van der Waals surface area contributed by atoms with Crippen LogP contribution in [-0.4, -0.2) is 23.3 Å². The molecule has 19 heavy (non-hydrogen) atoms. The third kappa shape index (κ3) is 3.32. The van der Waals surface area contributed by atoms with Gasteiger partial charge in [-0.1, -0.05) is 22.8 Å². The number of nitrogen functional groups attached to an aromatic ring is 1. The van der Waals surface area contributed by atoms with E-state index in [0.29, 0.717) is 16.3 Å². The molecule has 2 N–H and O–H groups in total. The number of halogens is 1. The Bertz CT molecular complexity index is 604. The Morgan fingerprint density at radius 3 is 2.95 bits per heavy atom. The second-order valence-corrected chi connectivity index (χ2v) is 3.89. The Morgan fingerprint density at radius 1 is 1.37 bits per heavy atom. The zero-order valence-electron chi connectivity index (χ0n) is 10.1. The molecule has 2 rings (SSSR count). The Labute approximate surface area is 114 Å². The lowest BCUT2D eigenvalue weighted by Crippen LogP contribution is -2.02. The van der Waals surface area contributed by atoms with Gasteiger partial charge in [0.05, 0.1) is 6.21 Å². The highest BCUT2D eigenvalue weighted by Crippen LogP contribution is 2.26. The van der Waals surface area contributed by atoms with Crippen LogP contribution in [0.4, 0.5) is 5.82 Å². The number of hydrogen-bond donors (Lipinski definition) is 1. The molecule has 0 amide bonds. The maximum Gasteiger partial charge on any atom is 0.233 e. The van der Waals surface area contributed by atoms with Crippen LogP contribution in [0.25, 0.3) is 0 Å². The maximum absolute atomic E-state index is 5.88. The van der Waals surface area contributed by atoms with Crippen molar-refractivity contribution in [3.05, 3.63) is 41.2 Å². The van der Waals surface area contributed by atoms with Gasteiger partial charge in [0.1, 0.15) is 30.6 Å². The normalized spacial score (nSPS) is 10.6. The van der Waals surface area contributed by atoms with Gasteiger partial charge in [-0.15, -0.1) is 0 Å². The monoisotopic (exact) mass is 278 g/mol. The summed E-state index contributed by atoms with van der Waals surface area (Å²) >= 11 is 5.88. The van der Waals surface area contributed by atoms with Crippen LogP contribution in [-0.2, 0) is 4.84 Å². The van der Waals surface area contributed by atoms with Crippen molar-refractivity contribution in [2.45, 2.75) is 0 Å². The summed E-state index contributed by atoms with van der Waals surface area (Å²) < 4.78 is 5.61. The average Bonchev–Trinajstić information content (AvgIpc) is 2.38. The van der Waals surface area contributed by atoms with E-state index in [4.69, 9.17) is 22.1 Å². The minimum absolute atomic E-state index is 0.243. The van der Waals surface area contributed by atoms with Crippen LogP contribution in [0, 0.1) is 0 Å². The zero-order valence-corrected chi connectivity index (χ0v) is 10.8. The third-order valence-corrected chi connectivity index (χ3v) is 2.41.